The average molecular weight is 421 g/mol. The van der Waals surface area contributed by atoms with Gasteiger partial charge in [0.15, 0.2) is 0 Å². The van der Waals surface area contributed by atoms with Gasteiger partial charge in [-0.3, -0.25) is 14.9 Å². The summed E-state index contributed by atoms with van der Waals surface area (Å²) in [5.41, 5.74) is 0.366. The van der Waals surface area contributed by atoms with E-state index in [9.17, 15) is 14.9 Å². The van der Waals surface area contributed by atoms with E-state index in [1.807, 2.05) is 0 Å². The molecule has 1 aliphatic heterocycles. The second kappa shape index (κ2) is 9.37. The number of ether oxygens (including phenoxy) is 1. The summed E-state index contributed by atoms with van der Waals surface area (Å²) >= 11 is 6.33. The Balaban J connectivity index is 1.77. The van der Waals surface area contributed by atoms with Crippen LogP contribution in [-0.4, -0.2) is 33.5 Å². The number of anilines is 1. The van der Waals surface area contributed by atoms with Crippen molar-refractivity contribution in [3.8, 4) is 5.69 Å². The average Bonchev–Trinajstić information content (AvgIpc) is 2.73. The van der Waals surface area contributed by atoms with Gasteiger partial charge < -0.3 is 10.1 Å². The van der Waals surface area contributed by atoms with Gasteiger partial charge in [-0.05, 0) is 30.9 Å². The minimum absolute atomic E-state index is 0.0453. The van der Waals surface area contributed by atoms with Crippen molar-refractivity contribution in [2.75, 3.05) is 11.9 Å². The lowest BCUT2D eigenvalue weighted by Crippen LogP contribution is -2.38. The highest BCUT2D eigenvalue weighted by molar-refractivity contribution is 6.33. The number of benzene rings is 1. The molecule has 1 aliphatic rings. The number of nitro benzene ring substituents is 1. The molecule has 1 saturated heterocycles. The summed E-state index contributed by atoms with van der Waals surface area (Å²) in [7, 11) is 0. The maximum Gasteiger partial charge on any atom is 0.292 e. The van der Waals surface area contributed by atoms with Gasteiger partial charge >= 0.3 is 0 Å². The molecule has 8 nitrogen and oxygen atoms in total. The van der Waals surface area contributed by atoms with Crippen LogP contribution >= 0.6 is 11.6 Å². The van der Waals surface area contributed by atoms with Crippen LogP contribution in [0.5, 0.6) is 0 Å². The fraction of sp³-hybridized carbons (Fsp3) is 0.500. The van der Waals surface area contributed by atoms with E-state index < -0.39 is 10.5 Å². The molecule has 0 spiro atoms. The second-order valence-corrected chi connectivity index (χ2v) is 7.59. The molecular formula is C20H25ClN4O4. The first-order chi connectivity index (χ1) is 13.9. The number of nitrogens with one attached hydrogen (secondary N) is 1. The van der Waals surface area contributed by atoms with Gasteiger partial charge in [0, 0.05) is 24.8 Å². The number of non-ortho nitro benzene ring substituents is 1. The van der Waals surface area contributed by atoms with Crippen LogP contribution in [0.3, 0.4) is 0 Å². The zero-order valence-corrected chi connectivity index (χ0v) is 17.3. The zero-order valence-electron chi connectivity index (χ0n) is 16.5. The Kier molecular flexibility index (Phi) is 6.87. The van der Waals surface area contributed by atoms with Crippen LogP contribution in [0, 0.1) is 16.0 Å². The largest absolute Gasteiger partial charge is 0.379 e. The van der Waals surface area contributed by atoms with Crippen LogP contribution in [0.1, 0.15) is 39.5 Å². The van der Waals surface area contributed by atoms with Gasteiger partial charge in [0.2, 0.25) is 0 Å². The van der Waals surface area contributed by atoms with Crippen LogP contribution in [0.4, 0.5) is 11.4 Å². The van der Waals surface area contributed by atoms with Crippen LogP contribution in [0.2, 0.25) is 5.02 Å². The standard InChI is InChI=1S/C20H25ClN4O4/c1-3-13(4-2)18-11-14(9-10-29-18)23-17-12-22-24(20(26)19(17)21)15-5-7-16(8-6-15)25(27)28/h5-8,12-14,18,23H,3-4,9-11H2,1-2H3. The van der Waals surface area contributed by atoms with E-state index in [1.165, 1.54) is 30.5 Å². The molecule has 0 aliphatic carbocycles. The van der Waals surface area contributed by atoms with E-state index in [4.69, 9.17) is 16.3 Å². The second-order valence-electron chi connectivity index (χ2n) is 7.21. The number of nitro groups is 1. The first-order valence-corrected chi connectivity index (χ1v) is 10.2. The Morgan fingerprint density at radius 2 is 2.03 bits per heavy atom. The predicted molar refractivity (Wildman–Crippen MR) is 112 cm³/mol. The molecule has 3 rings (SSSR count). The van der Waals surface area contributed by atoms with Crippen molar-refractivity contribution in [3.63, 3.8) is 0 Å². The van der Waals surface area contributed by atoms with E-state index in [1.54, 1.807) is 0 Å². The topological polar surface area (TPSA) is 99.3 Å². The van der Waals surface area contributed by atoms with Crippen molar-refractivity contribution < 1.29 is 9.66 Å². The van der Waals surface area contributed by atoms with Gasteiger partial charge in [-0.2, -0.15) is 9.78 Å². The third-order valence-corrected chi connectivity index (χ3v) is 5.84. The van der Waals surface area contributed by atoms with Crippen molar-refractivity contribution in [2.24, 2.45) is 5.92 Å². The molecule has 1 fully saturated rings. The van der Waals surface area contributed by atoms with Gasteiger partial charge in [-0.1, -0.05) is 38.3 Å². The van der Waals surface area contributed by atoms with Crippen LogP contribution in [0.15, 0.2) is 35.3 Å². The Labute approximate surface area is 174 Å². The summed E-state index contributed by atoms with van der Waals surface area (Å²) in [4.78, 5) is 23.0. The van der Waals surface area contributed by atoms with Crippen molar-refractivity contribution in [1.82, 2.24) is 9.78 Å². The van der Waals surface area contributed by atoms with Crippen LogP contribution in [0.25, 0.3) is 5.69 Å². The van der Waals surface area contributed by atoms with Crippen molar-refractivity contribution >= 4 is 23.0 Å². The predicted octanol–water partition coefficient (Wildman–Crippen LogP) is 4.19. The summed E-state index contributed by atoms with van der Waals surface area (Å²) in [6, 6.07) is 5.74. The minimum Gasteiger partial charge on any atom is -0.379 e. The Morgan fingerprint density at radius 3 is 2.66 bits per heavy atom. The summed E-state index contributed by atoms with van der Waals surface area (Å²) in [5.74, 6) is 0.517. The highest BCUT2D eigenvalue weighted by Gasteiger charge is 2.28. The number of halogens is 1. The van der Waals surface area contributed by atoms with E-state index in [2.05, 4.69) is 24.3 Å². The lowest BCUT2D eigenvalue weighted by Gasteiger charge is -2.35. The molecule has 0 bridgehead atoms. The number of rotatable bonds is 7. The molecule has 2 heterocycles. The number of hydrogen-bond acceptors (Lipinski definition) is 6. The summed E-state index contributed by atoms with van der Waals surface area (Å²) in [6.07, 6.45) is 5.55. The molecular weight excluding hydrogens is 396 g/mol. The number of nitrogens with zero attached hydrogens (tertiary/aromatic N) is 3. The molecule has 1 aromatic carbocycles. The Bertz CT molecular complexity index is 912. The molecule has 0 saturated carbocycles. The van der Waals surface area contributed by atoms with Crippen LogP contribution in [-0.2, 0) is 4.74 Å². The van der Waals surface area contributed by atoms with E-state index >= 15 is 0 Å². The molecule has 2 atom stereocenters. The smallest absolute Gasteiger partial charge is 0.292 e. The van der Waals surface area contributed by atoms with E-state index in [0.29, 0.717) is 23.9 Å². The van der Waals surface area contributed by atoms with Crippen molar-refractivity contribution in [3.05, 3.63) is 56.0 Å². The van der Waals surface area contributed by atoms with E-state index in [0.717, 1.165) is 30.4 Å². The maximum atomic E-state index is 12.7. The van der Waals surface area contributed by atoms with Gasteiger partial charge in [-0.25, -0.2) is 0 Å². The van der Waals surface area contributed by atoms with Crippen molar-refractivity contribution in [2.45, 2.75) is 51.7 Å². The summed E-state index contributed by atoms with van der Waals surface area (Å²) in [6.45, 7) is 5.02. The van der Waals surface area contributed by atoms with Gasteiger partial charge in [0.25, 0.3) is 11.2 Å². The van der Waals surface area contributed by atoms with Gasteiger partial charge in [0.05, 0.1) is 28.6 Å². The van der Waals surface area contributed by atoms with Crippen LogP contribution < -0.4 is 10.9 Å². The number of hydrogen-bond donors (Lipinski definition) is 1. The zero-order chi connectivity index (χ0) is 21.0. The minimum atomic E-state index is -0.497. The first kappa shape index (κ1) is 21.3. The highest BCUT2D eigenvalue weighted by atomic mass is 35.5. The third kappa shape index (κ3) is 4.76. The molecule has 1 N–H and O–H groups in total. The molecule has 2 aromatic rings. The lowest BCUT2D eigenvalue weighted by molar-refractivity contribution is -0.384. The molecule has 2 unspecified atom stereocenters. The monoisotopic (exact) mass is 420 g/mol. The molecule has 1 aromatic heterocycles. The summed E-state index contributed by atoms with van der Waals surface area (Å²) in [5, 5.41) is 18.4. The van der Waals surface area contributed by atoms with Gasteiger partial charge in [0.1, 0.15) is 5.02 Å². The first-order valence-electron chi connectivity index (χ1n) is 9.85. The molecule has 156 valence electrons. The maximum absolute atomic E-state index is 12.7. The highest BCUT2D eigenvalue weighted by Crippen LogP contribution is 2.28. The molecule has 9 heteroatoms. The summed E-state index contributed by atoms with van der Waals surface area (Å²) < 4.78 is 7.08. The quantitative estimate of drug-likeness (QED) is 0.532. The van der Waals surface area contributed by atoms with E-state index in [-0.39, 0.29) is 22.9 Å². The lowest BCUT2D eigenvalue weighted by atomic mass is 9.89. The Hall–Kier alpha value is -2.45. The molecule has 0 radical (unpaired) electrons. The SMILES string of the molecule is CCC(CC)C1CC(Nc2cnn(-c3ccc([N+](=O)[O-])cc3)c(=O)c2Cl)CCO1. The molecule has 29 heavy (non-hydrogen) atoms. The molecule has 0 amide bonds. The Morgan fingerprint density at radius 1 is 1.34 bits per heavy atom. The fourth-order valence-electron chi connectivity index (χ4n) is 3.75. The normalized spacial score (nSPS) is 19.3. The van der Waals surface area contributed by atoms with Gasteiger partial charge in [-0.15, -0.1) is 0 Å². The van der Waals surface area contributed by atoms with Crippen molar-refractivity contribution in [1.29, 1.82) is 0 Å². The number of aromatic nitrogens is 2. The fourth-order valence-corrected chi connectivity index (χ4v) is 3.94. The third-order valence-electron chi connectivity index (χ3n) is 5.47.